The van der Waals surface area contributed by atoms with E-state index in [4.69, 9.17) is 4.74 Å². The molecule has 1 fully saturated rings. The van der Waals surface area contributed by atoms with Crippen molar-refractivity contribution in [2.24, 2.45) is 5.92 Å². The Morgan fingerprint density at radius 1 is 1.06 bits per heavy atom. The standard InChI is InChI=1S/C28H34N2O5/c1-3-8-19(15-25(31)30-28(2,16-26(32)33)18-13-14-18)29-27(34)35-17-24-22-11-6-4-9-20(22)21-10-5-7-12-23(21)24/h4-7,9-12,18-19,24H,3,8,13-17H2,1-2H3,(H,29,34)(H,30,31)(H,32,33). The van der Waals surface area contributed by atoms with Crippen LogP contribution in [0.3, 0.4) is 0 Å². The minimum absolute atomic E-state index is 0.0312. The lowest BCUT2D eigenvalue weighted by molar-refractivity contribution is -0.139. The maximum Gasteiger partial charge on any atom is 0.407 e. The largest absolute Gasteiger partial charge is 0.481 e. The molecule has 1 saturated carbocycles. The number of hydrogen-bond acceptors (Lipinski definition) is 4. The Morgan fingerprint density at radius 3 is 2.20 bits per heavy atom. The summed E-state index contributed by atoms with van der Waals surface area (Å²) >= 11 is 0. The van der Waals surface area contributed by atoms with Crippen LogP contribution in [0, 0.1) is 5.92 Å². The number of carboxylic acid groups (broad SMARTS) is 1. The fourth-order valence-electron chi connectivity index (χ4n) is 5.30. The number of fused-ring (bicyclic) bond motifs is 3. The van der Waals surface area contributed by atoms with Gasteiger partial charge in [-0.25, -0.2) is 4.79 Å². The van der Waals surface area contributed by atoms with Crippen LogP contribution in [-0.4, -0.2) is 41.3 Å². The van der Waals surface area contributed by atoms with E-state index >= 15 is 0 Å². The monoisotopic (exact) mass is 478 g/mol. The van der Waals surface area contributed by atoms with Crippen LogP contribution in [0.4, 0.5) is 4.79 Å². The van der Waals surface area contributed by atoms with Crippen molar-refractivity contribution in [3.05, 3.63) is 59.7 Å². The highest BCUT2D eigenvalue weighted by molar-refractivity contribution is 5.80. The van der Waals surface area contributed by atoms with Gasteiger partial charge in [-0.15, -0.1) is 0 Å². The van der Waals surface area contributed by atoms with E-state index in [0.717, 1.165) is 41.5 Å². The molecule has 0 bridgehead atoms. The number of carbonyl (C=O) groups excluding carboxylic acids is 2. The quantitative estimate of drug-likeness (QED) is 0.429. The lowest BCUT2D eigenvalue weighted by Crippen LogP contribution is -2.51. The Balaban J connectivity index is 1.35. The number of nitrogens with one attached hydrogen (secondary N) is 2. The second kappa shape index (κ2) is 10.5. The van der Waals surface area contributed by atoms with Crippen LogP contribution in [-0.2, 0) is 14.3 Å². The first-order valence-corrected chi connectivity index (χ1v) is 12.4. The van der Waals surface area contributed by atoms with Crippen LogP contribution < -0.4 is 10.6 Å². The van der Waals surface area contributed by atoms with Crippen molar-refractivity contribution >= 4 is 18.0 Å². The first-order chi connectivity index (χ1) is 16.8. The number of benzene rings is 2. The molecule has 0 saturated heterocycles. The Hall–Kier alpha value is -3.35. The summed E-state index contributed by atoms with van der Waals surface area (Å²) in [6, 6.07) is 15.9. The van der Waals surface area contributed by atoms with Gasteiger partial charge in [0.2, 0.25) is 5.91 Å². The molecule has 0 heterocycles. The number of aliphatic carboxylic acids is 1. The van der Waals surface area contributed by atoms with Gasteiger partial charge in [-0.2, -0.15) is 0 Å². The third-order valence-electron chi connectivity index (χ3n) is 7.16. The molecular weight excluding hydrogens is 444 g/mol. The highest BCUT2D eigenvalue weighted by Crippen LogP contribution is 2.44. The van der Waals surface area contributed by atoms with E-state index in [0.29, 0.717) is 6.42 Å². The number of carboxylic acids is 1. The van der Waals surface area contributed by atoms with Crippen LogP contribution in [0.15, 0.2) is 48.5 Å². The van der Waals surface area contributed by atoms with E-state index in [9.17, 15) is 19.5 Å². The number of ether oxygens (including phenoxy) is 1. The zero-order chi connectivity index (χ0) is 25.0. The van der Waals surface area contributed by atoms with Gasteiger partial charge in [-0.3, -0.25) is 9.59 Å². The molecule has 186 valence electrons. The van der Waals surface area contributed by atoms with Gasteiger partial charge < -0.3 is 20.5 Å². The summed E-state index contributed by atoms with van der Waals surface area (Å²) in [6.45, 7) is 4.00. The fourth-order valence-corrected chi connectivity index (χ4v) is 5.30. The molecule has 0 aromatic heterocycles. The average molecular weight is 479 g/mol. The van der Waals surface area contributed by atoms with E-state index in [-0.39, 0.29) is 43.2 Å². The van der Waals surface area contributed by atoms with Crippen molar-refractivity contribution in [2.45, 2.75) is 69.9 Å². The predicted molar refractivity (Wildman–Crippen MR) is 133 cm³/mol. The molecule has 2 atom stereocenters. The second-order valence-corrected chi connectivity index (χ2v) is 9.97. The third kappa shape index (κ3) is 5.84. The minimum atomic E-state index is -0.929. The summed E-state index contributed by atoms with van der Waals surface area (Å²) in [5, 5.41) is 15.1. The summed E-state index contributed by atoms with van der Waals surface area (Å²) in [5.74, 6) is -1.03. The maximum absolute atomic E-state index is 12.8. The van der Waals surface area contributed by atoms with Crippen molar-refractivity contribution in [3.63, 3.8) is 0 Å². The average Bonchev–Trinajstić information content (AvgIpc) is 3.61. The second-order valence-electron chi connectivity index (χ2n) is 9.97. The summed E-state index contributed by atoms with van der Waals surface area (Å²) in [4.78, 5) is 36.8. The van der Waals surface area contributed by atoms with E-state index in [1.807, 2.05) is 31.2 Å². The van der Waals surface area contributed by atoms with Gasteiger partial charge in [0, 0.05) is 18.4 Å². The number of carbonyl (C=O) groups is 3. The zero-order valence-corrected chi connectivity index (χ0v) is 20.4. The molecular formula is C28H34N2O5. The lowest BCUT2D eigenvalue weighted by atomic mass is 9.91. The summed E-state index contributed by atoms with van der Waals surface area (Å²) in [6.07, 6.45) is 2.67. The Kier molecular flexibility index (Phi) is 7.43. The van der Waals surface area contributed by atoms with Gasteiger partial charge in [-0.05, 0) is 54.4 Å². The van der Waals surface area contributed by atoms with Crippen LogP contribution in [0.5, 0.6) is 0 Å². The van der Waals surface area contributed by atoms with Crippen molar-refractivity contribution in [2.75, 3.05) is 6.61 Å². The van der Waals surface area contributed by atoms with Crippen LogP contribution in [0.1, 0.15) is 69.4 Å². The predicted octanol–water partition coefficient (Wildman–Crippen LogP) is 4.84. The van der Waals surface area contributed by atoms with E-state index in [2.05, 4.69) is 34.9 Å². The number of alkyl carbamates (subject to hydrolysis) is 1. The number of rotatable bonds is 11. The molecule has 4 rings (SSSR count). The fraction of sp³-hybridized carbons (Fsp3) is 0.464. The van der Waals surface area contributed by atoms with Crippen molar-refractivity contribution in [1.29, 1.82) is 0 Å². The summed E-state index contributed by atoms with van der Waals surface area (Å²) in [5.41, 5.74) is 3.85. The number of hydrogen-bond donors (Lipinski definition) is 3. The Morgan fingerprint density at radius 2 is 1.66 bits per heavy atom. The molecule has 0 aliphatic heterocycles. The Labute approximate surface area is 206 Å². The van der Waals surface area contributed by atoms with Crippen molar-refractivity contribution < 1.29 is 24.2 Å². The molecule has 7 nitrogen and oxygen atoms in total. The Bertz CT molecular complexity index is 1050. The van der Waals surface area contributed by atoms with Crippen LogP contribution >= 0.6 is 0 Å². The zero-order valence-electron chi connectivity index (χ0n) is 20.4. The van der Waals surface area contributed by atoms with Crippen molar-refractivity contribution in [1.82, 2.24) is 10.6 Å². The number of amides is 2. The molecule has 2 aromatic carbocycles. The molecule has 7 heteroatoms. The highest BCUT2D eigenvalue weighted by atomic mass is 16.5. The molecule has 35 heavy (non-hydrogen) atoms. The summed E-state index contributed by atoms with van der Waals surface area (Å²) in [7, 11) is 0. The molecule has 0 spiro atoms. The van der Waals surface area contributed by atoms with Gasteiger partial charge in [0.25, 0.3) is 0 Å². The molecule has 2 unspecified atom stereocenters. The normalized spacial score (nSPS) is 17.0. The molecule has 2 aromatic rings. The lowest BCUT2D eigenvalue weighted by Gasteiger charge is -2.30. The first-order valence-electron chi connectivity index (χ1n) is 12.4. The molecule has 2 aliphatic rings. The third-order valence-corrected chi connectivity index (χ3v) is 7.16. The van der Waals surface area contributed by atoms with E-state index in [1.165, 1.54) is 0 Å². The van der Waals surface area contributed by atoms with Gasteiger partial charge in [0.15, 0.2) is 0 Å². The SMILES string of the molecule is CCCC(CC(=O)NC(C)(CC(=O)O)C1CC1)NC(=O)OCC1c2ccccc2-c2ccccc21. The van der Waals surface area contributed by atoms with Gasteiger partial charge in [-0.1, -0.05) is 61.9 Å². The topological polar surface area (TPSA) is 105 Å². The maximum atomic E-state index is 12.8. The smallest absolute Gasteiger partial charge is 0.407 e. The van der Waals surface area contributed by atoms with Crippen LogP contribution in [0.25, 0.3) is 11.1 Å². The molecule has 2 aliphatic carbocycles. The van der Waals surface area contributed by atoms with Crippen LogP contribution in [0.2, 0.25) is 0 Å². The first kappa shape index (κ1) is 24.8. The van der Waals surface area contributed by atoms with Gasteiger partial charge in [0.1, 0.15) is 6.61 Å². The van der Waals surface area contributed by atoms with Crippen molar-refractivity contribution in [3.8, 4) is 11.1 Å². The van der Waals surface area contributed by atoms with E-state index < -0.39 is 17.6 Å². The van der Waals surface area contributed by atoms with E-state index in [1.54, 1.807) is 6.92 Å². The summed E-state index contributed by atoms with van der Waals surface area (Å²) < 4.78 is 5.64. The van der Waals surface area contributed by atoms with Gasteiger partial charge >= 0.3 is 12.1 Å². The molecule has 2 amide bonds. The van der Waals surface area contributed by atoms with Gasteiger partial charge in [0.05, 0.1) is 12.0 Å². The highest BCUT2D eigenvalue weighted by Gasteiger charge is 2.44. The molecule has 3 N–H and O–H groups in total. The molecule has 0 radical (unpaired) electrons. The minimum Gasteiger partial charge on any atom is -0.481 e.